The number of likely N-dealkylation sites (tertiary alicyclic amines) is 1. The Bertz CT molecular complexity index is 997. The molecule has 0 spiro atoms. The second kappa shape index (κ2) is 8.49. The lowest BCUT2D eigenvalue weighted by Gasteiger charge is -2.44. The van der Waals surface area contributed by atoms with Gasteiger partial charge < -0.3 is 25.0 Å². The average Bonchev–Trinajstić information content (AvgIpc) is 3.42. The summed E-state index contributed by atoms with van der Waals surface area (Å²) in [6, 6.07) is 1.97. The molecule has 3 aliphatic rings. The van der Waals surface area contributed by atoms with E-state index in [2.05, 4.69) is 15.3 Å². The highest BCUT2D eigenvalue weighted by molar-refractivity contribution is 5.83. The number of aliphatic hydroxyl groups excluding tert-OH is 1. The fourth-order valence-electron chi connectivity index (χ4n) is 5.23. The summed E-state index contributed by atoms with van der Waals surface area (Å²) in [7, 11) is 0. The zero-order valence-corrected chi connectivity index (χ0v) is 17.3. The van der Waals surface area contributed by atoms with Crippen molar-refractivity contribution in [3.05, 3.63) is 41.9 Å². The summed E-state index contributed by atoms with van der Waals surface area (Å²) in [5.41, 5.74) is 0.311. The van der Waals surface area contributed by atoms with Crippen molar-refractivity contribution in [2.24, 2.45) is 11.8 Å². The number of nitrogens with one attached hydrogen (secondary N) is 2. The van der Waals surface area contributed by atoms with Crippen LogP contribution < -0.4 is 5.32 Å². The maximum atomic E-state index is 14.5. The van der Waals surface area contributed by atoms with Crippen LogP contribution in [-0.4, -0.2) is 70.5 Å². The highest BCUT2D eigenvalue weighted by Crippen LogP contribution is 2.39. The van der Waals surface area contributed by atoms with Gasteiger partial charge in [0.05, 0.1) is 17.9 Å². The van der Waals surface area contributed by atoms with Gasteiger partial charge in [0.15, 0.2) is 0 Å². The molecule has 4 heterocycles. The minimum absolute atomic E-state index is 0.0309. The Morgan fingerprint density at radius 1 is 1.25 bits per heavy atom. The van der Waals surface area contributed by atoms with Crippen LogP contribution in [-0.2, 0) is 9.53 Å². The number of nitrogens with zero attached hydrogens (tertiary/aromatic N) is 2. The number of hydrogen-bond acceptors (Lipinski definition) is 5. The van der Waals surface area contributed by atoms with Gasteiger partial charge in [-0.2, -0.15) is 0 Å². The van der Waals surface area contributed by atoms with E-state index in [1.54, 1.807) is 0 Å². The lowest BCUT2D eigenvalue weighted by Crippen LogP contribution is -2.60. The molecule has 1 amide bonds. The van der Waals surface area contributed by atoms with E-state index < -0.39 is 47.8 Å². The van der Waals surface area contributed by atoms with E-state index in [4.69, 9.17) is 4.74 Å². The van der Waals surface area contributed by atoms with Crippen molar-refractivity contribution in [1.82, 2.24) is 20.2 Å². The molecule has 1 aromatic carbocycles. The highest BCUT2D eigenvalue weighted by Gasteiger charge is 2.51. The van der Waals surface area contributed by atoms with E-state index in [9.17, 15) is 23.1 Å². The predicted octanol–water partition coefficient (Wildman–Crippen LogP) is 1.95. The Morgan fingerprint density at radius 2 is 2.03 bits per heavy atom. The van der Waals surface area contributed by atoms with Gasteiger partial charge in [-0.05, 0) is 37.0 Å². The zero-order chi connectivity index (χ0) is 22.4. The van der Waals surface area contributed by atoms with Gasteiger partial charge in [-0.15, -0.1) is 0 Å². The third-order valence-electron chi connectivity index (χ3n) is 6.90. The first kappa shape index (κ1) is 21.4. The fraction of sp³-hybridized carbons (Fsp3) is 0.545. The molecule has 7 nitrogen and oxygen atoms in total. The first-order valence-electron chi connectivity index (χ1n) is 10.9. The number of fused-ring (bicyclic) bond motifs is 1. The molecule has 0 radical (unpaired) electrons. The number of carbonyl (C=O) groups is 1. The molecule has 2 aromatic rings. The number of aliphatic hydroxyl groups is 1. The van der Waals surface area contributed by atoms with Gasteiger partial charge in [0.25, 0.3) is 5.91 Å². The van der Waals surface area contributed by atoms with E-state index in [0.717, 1.165) is 18.2 Å². The van der Waals surface area contributed by atoms with Crippen molar-refractivity contribution in [1.29, 1.82) is 0 Å². The van der Waals surface area contributed by atoms with Crippen molar-refractivity contribution in [3.63, 3.8) is 0 Å². The lowest BCUT2D eigenvalue weighted by atomic mass is 9.84. The topological polar surface area (TPSA) is 90.5 Å². The second-order valence-electron chi connectivity index (χ2n) is 8.75. The van der Waals surface area contributed by atoms with Crippen LogP contribution in [0.1, 0.15) is 24.7 Å². The Labute approximate surface area is 183 Å². The van der Waals surface area contributed by atoms with Gasteiger partial charge >= 0.3 is 0 Å². The molecule has 3 N–H and O–H groups in total. The van der Waals surface area contributed by atoms with E-state index in [0.29, 0.717) is 31.9 Å². The molecule has 3 saturated heterocycles. The maximum Gasteiger partial charge on any atom is 0.253 e. The number of H-pyrrole nitrogens is 1. The van der Waals surface area contributed by atoms with Crippen molar-refractivity contribution < 1.29 is 27.8 Å². The number of imidazole rings is 1. The number of halogens is 3. The average molecular weight is 450 g/mol. The first-order chi connectivity index (χ1) is 15.4. The van der Waals surface area contributed by atoms with Crippen molar-refractivity contribution in [3.8, 4) is 11.3 Å². The molecule has 1 aromatic heterocycles. The van der Waals surface area contributed by atoms with Crippen LogP contribution in [0.15, 0.2) is 24.4 Å². The number of aromatic nitrogens is 2. The van der Waals surface area contributed by atoms with Gasteiger partial charge in [-0.3, -0.25) is 4.79 Å². The molecular weight excluding hydrogens is 425 g/mol. The molecule has 10 heteroatoms. The van der Waals surface area contributed by atoms with Crippen molar-refractivity contribution >= 4 is 5.91 Å². The van der Waals surface area contributed by atoms with E-state index in [1.807, 2.05) is 0 Å². The molecule has 5 atom stereocenters. The number of rotatable bonds is 4. The predicted molar refractivity (Wildman–Crippen MR) is 108 cm³/mol. The van der Waals surface area contributed by atoms with Gasteiger partial charge in [-0.1, -0.05) is 0 Å². The minimum Gasteiger partial charge on any atom is -0.382 e. The summed E-state index contributed by atoms with van der Waals surface area (Å²) in [4.78, 5) is 22.1. The molecule has 0 bridgehead atoms. The Kier molecular flexibility index (Phi) is 5.68. The molecule has 0 aliphatic carbocycles. The Morgan fingerprint density at radius 3 is 2.81 bits per heavy atom. The van der Waals surface area contributed by atoms with Crippen LogP contribution in [0.5, 0.6) is 0 Å². The molecule has 3 aliphatic heterocycles. The summed E-state index contributed by atoms with van der Waals surface area (Å²) >= 11 is 0. The maximum absolute atomic E-state index is 14.5. The number of benzene rings is 1. The smallest absolute Gasteiger partial charge is 0.253 e. The number of ether oxygens (including phenoxy) is 1. The number of carbonyl (C=O) groups excluding carboxylic acids is 1. The minimum atomic E-state index is -1.35. The van der Waals surface area contributed by atoms with Crippen LogP contribution in [0.25, 0.3) is 11.3 Å². The normalized spacial score (nSPS) is 29.9. The number of hydrogen-bond donors (Lipinski definition) is 3. The van der Waals surface area contributed by atoms with Crippen LogP contribution in [0.4, 0.5) is 13.2 Å². The van der Waals surface area contributed by atoms with Crippen LogP contribution in [0.2, 0.25) is 0 Å². The second-order valence-corrected chi connectivity index (χ2v) is 8.75. The van der Waals surface area contributed by atoms with E-state index >= 15 is 0 Å². The van der Waals surface area contributed by atoms with Gasteiger partial charge in [-0.25, -0.2) is 18.2 Å². The van der Waals surface area contributed by atoms with Gasteiger partial charge in [0, 0.05) is 43.8 Å². The summed E-state index contributed by atoms with van der Waals surface area (Å²) in [5, 5.41) is 13.5. The van der Waals surface area contributed by atoms with E-state index in [-0.39, 0.29) is 30.3 Å². The first-order valence-corrected chi connectivity index (χ1v) is 10.9. The summed E-state index contributed by atoms with van der Waals surface area (Å²) in [6.07, 6.45) is 0.184. The third kappa shape index (κ3) is 3.70. The Balaban J connectivity index is 1.51. The summed E-state index contributed by atoms with van der Waals surface area (Å²) in [6.45, 7) is 1.26. The van der Waals surface area contributed by atoms with Crippen LogP contribution >= 0.6 is 0 Å². The van der Waals surface area contributed by atoms with Gasteiger partial charge in [0.2, 0.25) is 0 Å². The molecular formula is C22H25F3N4O3. The molecule has 172 valence electrons. The summed E-state index contributed by atoms with van der Waals surface area (Å²) < 4.78 is 48.0. The highest BCUT2D eigenvalue weighted by atomic mass is 19.1. The molecule has 5 rings (SSSR count). The molecule has 5 unspecified atom stereocenters. The standard InChI is InChI=1S/C22H25F3N4O3/c23-12-1-2-15(24)13(7-12)17-9-27-21(28-17)19(11-3-5-32-6-4-11)29-10-14-16(25)8-26-18(14)20(30)22(29)31/h1-2,7,9,11,14,16,18-20,26,30H,3-6,8,10H2,(H,27,28). The van der Waals surface area contributed by atoms with Crippen molar-refractivity contribution in [2.45, 2.75) is 37.2 Å². The van der Waals surface area contributed by atoms with Crippen LogP contribution in [0, 0.1) is 23.5 Å². The number of piperidine rings is 1. The third-order valence-corrected chi connectivity index (χ3v) is 6.90. The largest absolute Gasteiger partial charge is 0.382 e. The molecule has 32 heavy (non-hydrogen) atoms. The number of alkyl halides is 1. The zero-order valence-electron chi connectivity index (χ0n) is 17.3. The quantitative estimate of drug-likeness (QED) is 0.663. The monoisotopic (exact) mass is 450 g/mol. The SMILES string of the molecule is O=C1C(O)C2NCC(F)C2CN1C(c1ncc(-c2cc(F)ccc2F)[nH]1)C1CCOCC1. The van der Waals surface area contributed by atoms with Crippen molar-refractivity contribution in [2.75, 3.05) is 26.3 Å². The van der Waals surface area contributed by atoms with E-state index in [1.165, 1.54) is 11.1 Å². The fourth-order valence-corrected chi connectivity index (χ4v) is 5.23. The number of amides is 1. The van der Waals surface area contributed by atoms with Crippen LogP contribution in [0.3, 0.4) is 0 Å². The number of aromatic amines is 1. The summed E-state index contributed by atoms with van der Waals surface area (Å²) in [5.74, 6) is -1.84. The molecule has 3 fully saturated rings. The molecule has 0 saturated carbocycles. The Hall–Kier alpha value is -2.43. The van der Waals surface area contributed by atoms with Gasteiger partial charge in [0.1, 0.15) is 29.7 Å². The lowest BCUT2D eigenvalue weighted by molar-refractivity contribution is -0.154.